The fourth-order valence-electron chi connectivity index (χ4n) is 2.68. The number of likely N-dealkylation sites (tertiary alicyclic amines) is 1. The first kappa shape index (κ1) is 18.0. The van der Waals surface area contributed by atoms with Crippen molar-refractivity contribution in [3.05, 3.63) is 0 Å². The standard InChI is InChI=1S/C16H30N2O3/c1-5-16(12-19)6-8-18(9-7-16)14(21)11-17-13(20)10-15(2,3)4/h19H,5-12H2,1-4H3,(H,17,20). The topological polar surface area (TPSA) is 69.6 Å². The number of hydrogen-bond acceptors (Lipinski definition) is 3. The van der Waals surface area contributed by atoms with Crippen LogP contribution >= 0.6 is 0 Å². The second-order valence-electron chi connectivity index (χ2n) is 7.41. The summed E-state index contributed by atoms with van der Waals surface area (Å²) in [5, 5.41) is 12.2. The minimum absolute atomic E-state index is 0.0216. The summed E-state index contributed by atoms with van der Waals surface area (Å²) in [6.45, 7) is 9.68. The number of nitrogens with one attached hydrogen (secondary N) is 1. The summed E-state index contributed by atoms with van der Waals surface area (Å²) in [6.07, 6.45) is 3.03. The fourth-order valence-corrected chi connectivity index (χ4v) is 2.68. The number of aliphatic hydroxyl groups is 1. The van der Waals surface area contributed by atoms with Gasteiger partial charge >= 0.3 is 0 Å². The van der Waals surface area contributed by atoms with Crippen LogP contribution in [-0.4, -0.2) is 48.1 Å². The molecule has 5 heteroatoms. The van der Waals surface area contributed by atoms with Gasteiger partial charge in [-0.2, -0.15) is 0 Å². The van der Waals surface area contributed by atoms with Crippen LogP contribution < -0.4 is 5.32 Å². The van der Waals surface area contributed by atoms with Crippen LogP contribution in [0.3, 0.4) is 0 Å². The average Bonchev–Trinajstić information content (AvgIpc) is 2.43. The van der Waals surface area contributed by atoms with Crippen molar-refractivity contribution < 1.29 is 14.7 Å². The molecule has 1 aliphatic rings. The summed E-state index contributed by atoms with van der Waals surface area (Å²) in [4.78, 5) is 25.6. The number of aliphatic hydroxyl groups excluding tert-OH is 1. The van der Waals surface area contributed by atoms with E-state index in [1.165, 1.54) is 0 Å². The summed E-state index contributed by atoms with van der Waals surface area (Å²) in [7, 11) is 0. The average molecular weight is 298 g/mol. The molecule has 0 unspecified atom stereocenters. The molecule has 1 aliphatic heterocycles. The largest absolute Gasteiger partial charge is 0.396 e. The molecule has 0 aliphatic carbocycles. The lowest BCUT2D eigenvalue weighted by Gasteiger charge is -2.40. The van der Waals surface area contributed by atoms with E-state index in [0.717, 1.165) is 19.3 Å². The lowest BCUT2D eigenvalue weighted by Crippen LogP contribution is -2.47. The van der Waals surface area contributed by atoms with E-state index in [4.69, 9.17) is 0 Å². The van der Waals surface area contributed by atoms with Gasteiger partial charge in [-0.3, -0.25) is 9.59 Å². The maximum atomic E-state index is 12.1. The van der Waals surface area contributed by atoms with Gasteiger partial charge in [0.05, 0.1) is 6.54 Å². The Balaban J connectivity index is 2.36. The van der Waals surface area contributed by atoms with E-state index in [-0.39, 0.29) is 35.8 Å². The van der Waals surface area contributed by atoms with Gasteiger partial charge in [0, 0.05) is 26.1 Å². The molecule has 0 radical (unpaired) electrons. The first-order valence-corrected chi connectivity index (χ1v) is 7.87. The molecule has 21 heavy (non-hydrogen) atoms. The van der Waals surface area contributed by atoms with Crippen LogP contribution in [0.25, 0.3) is 0 Å². The summed E-state index contributed by atoms with van der Waals surface area (Å²) < 4.78 is 0. The second kappa shape index (κ2) is 7.25. The van der Waals surface area contributed by atoms with E-state index in [1.54, 1.807) is 4.90 Å². The highest BCUT2D eigenvalue weighted by atomic mass is 16.3. The predicted molar refractivity (Wildman–Crippen MR) is 82.7 cm³/mol. The van der Waals surface area contributed by atoms with E-state index >= 15 is 0 Å². The molecule has 0 saturated carbocycles. The van der Waals surface area contributed by atoms with E-state index in [1.807, 2.05) is 20.8 Å². The monoisotopic (exact) mass is 298 g/mol. The number of carbonyl (C=O) groups excluding carboxylic acids is 2. The minimum atomic E-state index is -0.0777. The molecule has 2 N–H and O–H groups in total. The van der Waals surface area contributed by atoms with Gasteiger partial charge < -0.3 is 15.3 Å². The maximum Gasteiger partial charge on any atom is 0.241 e. The van der Waals surface area contributed by atoms with E-state index in [0.29, 0.717) is 19.5 Å². The van der Waals surface area contributed by atoms with Crippen molar-refractivity contribution in [3.63, 3.8) is 0 Å². The van der Waals surface area contributed by atoms with Gasteiger partial charge in [-0.1, -0.05) is 27.7 Å². The van der Waals surface area contributed by atoms with E-state index in [9.17, 15) is 14.7 Å². The third-order valence-corrected chi connectivity index (χ3v) is 4.39. The van der Waals surface area contributed by atoms with Crippen LogP contribution in [0.5, 0.6) is 0 Å². The number of piperidine rings is 1. The third kappa shape index (κ3) is 5.65. The zero-order valence-electron chi connectivity index (χ0n) is 13.9. The highest BCUT2D eigenvalue weighted by Gasteiger charge is 2.33. The summed E-state index contributed by atoms with van der Waals surface area (Å²) >= 11 is 0. The highest BCUT2D eigenvalue weighted by molar-refractivity contribution is 5.85. The number of hydrogen-bond donors (Lipinski definition) is 2. The van der Waals surface area contributed by atoms with Crippen molar-refractivity contribution >= 4 is 11.8 Å². The first-order valence-electron chi connectivity index (χ1n) is 7.87. The summed E-state index contributed by atoms with van der Waals surface area (Å²) in [5.74, 6) is -0.106. The van der Waals surface area contributed by atoms with Crippen molar-refractivity contribution in [3.8, 4) is 0 Å². The van der Waals surface area contributed by atoms with Crippen molar-refractivity contribution in [1.82, 2.24) is 10.2 Å². The van der Waals surface area contributed by atoms with Gasteiger partial charge in [0.25, 0.3) is 0 Å². The molecule has 0 atom stereocenters. The molecular formula is C16H30N2O3. The van der Waals surface area contributed by atoms with Gasteiger partial charge in [0.1, 0.15) is 0 Å². The van der Waals surface area contributed by atoms with Crippen LogP contribution in [-0.2, 0) is 9.59 Å². The molecule has 1 saturated heterocycles. The smallest absolute Gasteiger partial charge is 0.241 e. The highest BCUT2D eigenvalue weighted by Crippen LogP contribution is 2.34. The van der Waals surface area contributed by atoms with Gasteiger partial charge in [0.15, 0.2) is 0 Å². The molecular weight excluding hydrogens is 268 g/mol. The molecule has 0 spiro atoms. The molecule has 0 bridgehead atoms. The van der Waals surface area contributed by atoms with Crippen molar-refractivity contribution in [1.29, 1.82) is 0 Å². The Kier molecular flexibility index (Phi) is 6.20. The van der Waals surface area contributed by atoms with Crippen LogP contribution in [0.1, 0.15) is 53.4 Å². The molecule has 5 nitrogen and oxygen atoms in total. The van der Waals surface area contributed by atoms with Gasteiger partial charge in [0.2, 0.25) is 11.8 Å². The first-order chi connectivity index (χ1) is 9.71. The minimum Gasteiger partial charge on any atom is -0.396 e. The Morgan fingerprint density at radius 2 is 1.81 bits per heavy atom. The Labute approximate surface area is 128 Å². The van der Waals surface area contributed by atoms with Crippen LogP contribution in [0.4, 0.5) is 0 Å². The van der Waals surface area contributed by atoms with Crippen LogP contribution in [0, 0.1) is 10.8 Å². The van der Waals surface area contributed by atoms with Crippen LogP contribution in [0.15, 0.2) is 0 Å². The zero-order chi connectivity index (χ0) is 16.1. The quantitative estimate of drug-likeness (QED) is 0.809. The van der Waals surface area contributed by atoms with Crippen LogP contribution in [0.2, 0.25) is 0 Å². The van der Waals surface area contributed by atoms with E-state index in [2.05, 4.69) is 12.2 Å². The molecule has 0 aromatic carbocycles. The summed E-state index contributed by atoms with van der Waals surface area (Å²) in [5.41, 5.74) is -0.0909. The number of carbonyl (C=O) groups is 2. The van der Waals surface area contributed by atoms with Crippen molar-refractivity contribution in [2.24, 2.45) is 10.8 Å². The summed E-state index contributed by atoms with van der Waals surface area (Å²) in [6, 6.07) is 0. The number of nitrogens with zero attached hydrogens (tertiary/aromatic N) is 1. The molecule has 0 aromatic rings. The normalized spacial score (nSPS) is 18.4. The Morgan fingerprint density at radius 3 is 2.24 bits per heavy atom. The van der Waals surface area contributed by atoms with Crippen molar-refractivity contribution in [2.45, 2.75) is 53.4 Å². The van der Waals surface area contributed by atoms with E-state index < -0.39 is 0 Å². The van der Waals surface area contributed by atoms with Gasteiger partial charge in [-0.15, -0.1) is 0 Å². The zero-order valence-corrected chi connectivity index (χ0v) is 13.9. The van der Waals surface area contributed by atoms with Crippen molar-refractivity contribution in [2.75, 3.05) is 26.2 Å². The Hall–Kier alpha value is -1.10. The lowest BCUT2D eigenvalue weighted by atomic mass is 9.77. The Morgan fingerprint density at radius 1 is 1.24 bits per heavy atom. The molecule has 0 aromatic heterocycles. The molecule has 1 fully saturated rings. The number of amides is 2. The molecule has 122 valence electrons. The fraction of sp³-hybridized carbons (Fsp3) is 0.875. The molecule has 1 rings (SSSR count). The van der Waals surface area contributed by atoms with Gasteiger partial charge in [-0.05, 0) is 30.1 Å². The molecule has 2 amide bonds. The Bertz CT molecular complexity index is 360. The molecule has 1 heterocycles. The van der Waals surface area contributed by atoms with Gasteiger partial charge in [-0.25, -0.2) is 0 Å². The number of rotatable bonds is 5. The predicted octanol–water partition coefficient (Wildman–Crippen LogP) is 1.55. The lowest BCUT2D eigenvalue weighted by molar-refractivity contribution is -0.135. The second-order valence-corrected chi connectivity index (χ2v) is 7.41. The third-order valence-electron chi connectivity index (χ3n) is 4.39. The SMILES string of the molecule is CCC1(CO)CCN(C(=O)CNC(=O)CC(C)(C)C)CC1. The maximum absolute atomic E-state index is 12.1.